The van der Waals surface area contributed by atoms with Crippen LogP contribution in [0.5, 0.6) is 0 Å². The first kappa shape index (κ1) is 22.0. The Morgan fingerprint density at radius 3 is 2.39 bits per heavy atom. The number of pyridine rings is 1. The van der Waals surface area contributed by atoms with E-state index < -0.39 is 15.8 Å². The van der Waals surface area contributed by atoms with Crippen molar-refractivity contribution in [2.45, 2.75) is 18.5 Å². The summed E-state index contributed by atoms with van der Waals surface area (Å²) in [7, 11) is -3.83. The average molecular weight is 455 g/mol. The molecule has 0 bridgehead atoms. The number of aromatic nitrogens is 2. The van der Waals surface area contributed by atoms with Crippen LogP contribution < -0.4 is 0 Å². The number of hydrogen-bond donors (Lipinski definition) is 1. The van der Waals surface area contributed by atoms with E-state index in [-0.39, 0.29) is 27.9 Å². The Kier molecular flexibility index (Phi) is 5.85. The van der Waals surface area contributed by atoms with Gasteiger partial charge in [-0.2, -0.15) is 10.5 Å². The highest BCUT2D eigenvalue weighted by Gasteiger charge is 2.28. The van der Waals surface area contributed by atoms with Crippen LogP contribution in [-0.2, 0) is 16.4 Å². The quantitative estimate of drug-likeness (QED) is 0.583. The van der Waals surface area contributed by atoms with Crippen molar-refractivity contribution < 1.29 is 18.3 Å². The Morgan fingerprint density at radius 2 is 1.87 bits per heavy atom. The minimum atomic E-state index is -3.83. The van der Waals surface area contributed by atoms with Crippen LogP contribution in [0.3, 0.4) is 0 Å². The Morgan fingerprint density at radius 1 is 1.23 bits per heavy atom. The Hall–Kier alpha value is -3.66. The fourth-order valence-corrected chi connectivity index (χ4v) is 4.67. The van der Waals surface area contributed by atoms with Crippen LogP contribution in [0.4, 0.5) is 0 Å². The van der Waals surface area contributed by atoms with Crippen LogP contribution in [0.1, 0.15) is 32.7 Å². The second-order valence-corrected chi connectivity index (χ2v) is 9.08. The fourth-order valence-electron chi connectivity index (χ4n) is 3.36. The van der Waals surface area contributed by atoms with Gasteiger partial charge in [-0.15, -0.1) is 0 Å². The first-order valence-corrected chi connectivity index (χ1v) is 11.1. The number of carbonyl (C=O) groups is 1. The molecule has 1 N–H and O–H groups in total. The summed E-state index contributed by atoms with van der Waals surface area (Å²) in [6.07, 6.45) is 2.36. The van der Waals surface area contributed by atoms with Crippen molar-refractivity contribution in [2.24, 2.45) is 0 Å². The number of rotatable bonds is 5. The first-order chi connectivity index (χ1) is 14.6. The van der Waals surface area contributed by atoms with E-state index in [1.165, 1.54) is 16.8 Å². The Balaban J connectivity index is 2.27. The maximum absolute atomic E-state index is 12.6. The van der Waals surface area contributed by atoms with Gasteiger partial charge in [0, 0.05) is 23.7 Å². The largest absolute Gasteiger partial charge is 0.478 e. The molecule has 10 heteroatoms. The van der Waals surface area contributed by atoms with Crippen molar-refractivity contribution >= 4 is 27.4 Å². The summed E-state index contributed by atoms with van der Waals surface area (Å²) in [5.74, 6) is -1.26. The molecule has 0 aliphatic rings. The van der Waals surface area contributed by atoms with Crippen molar-refractivity contribution in [3.05, 3.63) is 69.6 Å². The van der Waals surface area contributed by atoms with E-state index in [4.69, 9.17) is 16.9 Å². The zero-order chi connectivity index (χ0) is 22.9. The minimum Gasteiger partial charge on any atom is -0.478 e. The Labute approximate surface area is 183 Å². The molecule has 0 unspecified atom stereocenters. The standard InChI is InChI=1S/C21H15ClN4O4S/c1-12-18(15-5-3-13(8-23)4-6-15)17(9-24)20(31(2,29)30)26(12)11-14-7-16(21(27)28)19(22)25-10-14/h3-7,10H,11H2,1-2H3,(H,27,28). The fraction of sp³-hybridized carbons (Fsp3) is 0.143. The molecule has 1 aromatic carbocycles. The molecule has 8 nitrogen and oxygen atoms in total. The number of nitrogens with zero attached hydrogens (tertiary/aromatic N) is 4. The third kappa shape index (κ3) is 4.15. The summed E-state index contributed by atoms with van der Waals surface area (Å²) in [5.41, 5.74) is 2.10. The molecule has 0 aliphatic carbocycles. The molecule has 31 heavy (non-hydrogen) atoms. The van der Waals surface area contributed by atoms with Gasteiger partial charge in [0.05, 0.1) is 29.3 Å². The molecule has 0 saturated heterocycles. The lowest BCUT2D eigenvalue weighted by molar-refractivity contribution is 0.0696. The van der Waals surface area contributed by atoms with Gasteiger partial charge in [-0.3, -0.25) is 0 Å². The predicted octanol–water partition coefficient (Wildman–Crippen LogP) is 3.41. The molecule has 0 saturated carbocycles. The molecule has 0 spiro atoms. The summed E-state index contributed by atoms with van der Waals surface area (Å²) in [6, 6.07) is 11.8. The number of carboxylic acid groups (broad SMARTS) is 1. The van der Waals surface area contributed by atoms with Gasteiger partial charge in [-0.25, -0.2) is 18.2 Å². The summed E-state index contributed by atoms with van der Waals surface area (Å²) < 4.78 is 26.7. The third-order valence-electron chi connectivity index (χ3n) is 4.71. The average Bonchev–Trinajstić information content (AvgIpc) is 3.01. The summed E-state index contributed by atoms with van der Waals surface area (Å²) >= 11 is 5.83. The van der Waals surface area contributed by atoms with Gasteiger partial charge in [0.15, 0.2) is 14.9 Å². The number of halogens is 1. The molecule has 0 atom stereocenters. The number of nitriles is 2. The van der Waals surface area contributed by atoms with Gasteiger partial charge >= 0.3 is 5.97 Å². The van der Waals surface area contributed by atoms with Gasteiger partial charge in [-0.05, 0) is 36.2 Å². The zero-order valence-electron chi connectivity index (χ0n) is 16.4. The van der Waals surface area contributed by atoms with Crippen LogP contribution in [0.15, 0.2) is 41.6 Å². The minimum absolute atomic E-state index is 0.0231. The lowest BCUT2D eigenvalue weighted by atomic mass is 10.0. The van der Waals surface area contributed by atoms with Crippen LogP contribution in [0.25, 0.3) is 11.1 Å². The van der Waals surface area contributed by atoms with E-state index in [1.54, 1.807) is 31.2 Å². The number of aromatic carboxylic acids is 1. The van der Waals surface area contributed by atoms with Crippen molar-refractivity contribution in [3.8, 4) is 23.3 Å². The van der Waals surface area contributed by atoms with Crippen LogP contribution in [0.2, 0.25) is 5.15 Å². The molecule has 0 aliphatic heterocycles. The topological polar surface area (TPSA) is 137 Å². The lowest BCUT2D eigenvalue weighted by Crippen LogP contribution is -2.12. The maximum Gasteiger partial charge on any atom is 0.338 e. The third-order valence-corrected chi connectivity index (χ3v) is 6.14. The maximum atomic E-state index is 12.6. The van der Waals surface area contributed by atoms with Crippen molar-refractivity contribution in [1.82, 2.24) is 9.55 Å². The second kappa shape index (κ2) is 8.23. The number of hydrogen-bond acceptors (Lipinski definition) is 6. The summed E-state index contributed by atoms with van der Waals surface area (Å²) in [4.78, 5) is 15.2. The van der Waals surface area contributed by atoms with E-state index in [2.05, 4.69) is 4.98 Å². The molecule has 2 heterocycles. The summed E-state index contributed by atoms with van der Waals surface area (Å²) in [6.45, 7) is 1.63. The van der Waals surface area contributed by atoms with E-state index in [0.717, 1.165) is 6.26 Å². The highest BCUT2D eigenvalue weighted by molar-refractivity contribution is 7.90. The van der Waals surface area contributed by atoms with E-state index in [0.29, 0.717) is 27.9 Å². The number of benzene rings is 1. The Bertz CT molecular complexity index is 1400. The molecule has 0 amide bonds. The zero-order valence-corrected chi connectivity index (χ0v) is 18.0. The van der Waals surface area contributed by atoms with Gasteiger partial charge in [0.1, 0.15) is 11.2 Å². The molecule has 0 fully saturated rings. The van der Waals surface area contributed by atoms with Crippen molar-refractivity contribution in [3.63, 3.8) is 0 Å². The van der Waals surface area contributed by atoms with Gasteiger partial charge in [-0.1, -0.05) is 23.7 Å². The lowest BCUT2D eigenvalue weighted by Gasteiger charge is -2.12. The van der Waals surface area contributed by atoms with Crippen LogP contribution >= 0.6 is 11.6 Å². The van der Waals surface area contributed by atoms with Crippen LogP contribution in [0, 0.1) is 29.6 Å². The van der Waals surface area contributed by atoms with Crippen LogP contribution in [-0.4, -0.2) is 35.3 Å². The monoisotopic (exact) mass is 454 g/mol. The molecule has 156 valence electrons. The molecule has 2 aromatic heterocycles. The van der Waals surface area contributed by atoms with E-state index >= 15 is 0 Å². The molecule has 0 radical (unpaired) electrons. The molecule has 3 aromatic rings. The van der Waals surface area contributed by atoms with Crippen molar-refractivity contribution in [2.75, 3.05) is 6.26 Å². The van der Waals surface area contributed by atoms with Gasteiger partial charge in [0.2, 0.25) is 0 Å². The highest BCUT2D eigenvalue weighted by atomic mass is 35.5. The normalized spacial score (nSPS) is 11.0. The first-order valence-electron chi connectivity index (χ1n) is 8.80. The van der Waals surface area contributed by atoms with Gasteiger partial charge in [0.25, 0.3) is 0 Å². The second-order valence-electron chi connectivity index (χ2n) is 6.79. The molecular weight excluding hydrogens is 440 g/mol. The molecule has 3 rings (SSSR count). The summed E-state index contributed by atoms with van der Waals surface area (Å²) in [5, 5.41) is 27.7. The van der Waals surface area contributed by atoms with Gasteiger partial charge < -0.3 is 9.67 Å². The smallest absolute Gasteiger partial charge is 0.338 e. The SMILES string of the molecule is Cc1c(-c2ccc(C#N)cc2)c(C#N)c(S(C)(=O)=O)n1Cc1cnc(Cl)c(C(=O)O)c1. The predicted molar refractivity (Wildman–Crippen MR) is 112 cm³/mol. The van der Waals surface area contributed by atoms with Crippen molar-refractivity contribution in [1.29, 1.82) is 10.5 Å². The molecular formula is C21H15ClN4O4S. The highest BCUT2D eigenvalue weighted by Crippen LogP contribution is 2.35. The number of sulfone groups is 1. The number of carboxylic acids is 1. The van der Waals surface area contributed by atoms with E-state index in [9.17, 15) is 23.6 Å². The van der Waals surface area contributed by atoms with E-state index in [1.807, 2.05) is 12.1 Å².